The highest BCUT2D eigenvalue weighted by Gasteiger charge is 2.11. The number of nitrogens with two attached hydrogens (primary N) is 1. The molecule has 0 saturated heterocycles. The molecule has 1 aliphatic heterocycles. The Balaban J connectivity index is 2.07. The van der Waals surface area contributed by atoms with Crippen LogP contribution >= 0.6 is 11.3 Å². The molecule has 0 spiro atoms. The van der Waals surface area contributed by atoms with Crippen molar-refractivity contribution >= 4 is 11.3 Å². The largest absolute Gasteiger partial charge is 0.330 e. The zero-order valence-electron chi connectivity index (χ0n) is 7.81. The zero-order valence-corrected chi connectivity index (χ0v) is 8.62. The molecule has 1 aromatic rings. The van der Waals surface area contributed by atoms with Gasteiger partial charge in [0.2, 0.25) is 0 Å². The molecule has 0 atom stereocenters. The molecule has 0 unspecified atom stereocenters. The van der Waals surface area contributed by atoms with Gasteiger partial charge in [-0.3, -0.25) is 0 Å². The summed E-state index contributed by atoms with van der Waals surface area (Å²) >= 11 is 1.98. The smallest absolute Gasteiger partial charge is 0.0216 e. The average Bonchev–Trinajstić information content (AvgIpc) is 2.57. The van der Waals surface area contributed by atoms with Crippen molar-refractivity contribution < 1.29 is 0 Å². The van der Waals surface area contributed by atoms with E-state index in [-0.39, 0.29) is 0 Å². The van der Waals surface area contributed by atoms with Crippen molar-refractivity contribution in [3.05, 3.63) is 21.4 Å². The lowest BCUT2D eigenvalue weighted by Crippen LogP contribution is -2.21. The zero-order chi connectivity index (χ0) is 9.10. The molecule has 0 radical (unpaired) electrons. The Morgan fingerprint density at radius 3 is 3.23 bits per heavy atom. The van der Waals surface area contributed by atoms with Gasteiger partial charge in [-0.05, 0) is 37.4 Å². The number of rotatable bonds is 3. The van der Waals surface area contributed by atoms with Crippen molar-refractivity contribution in [1.82, 2.24) is 5.32 Å². The van der Waals surface area contributed by atoms with E-state index in [0.29, 0.717) is 0 Å². The lowest BCUT2D eigenvalue weighted by atomic mass is 10.1. The van der Waals surface area contributed by atoms with Gasteiger partial charge in [0.15, 0.2) is 0 Å². The van der Waals surface area contributed by atoms with Crippen LogP contribution in [0.15, 0.2) is 6.07 Å². The third-order valence-electron chi connectivity index (χ3n) is 2.42. The first-order valence-electron chi connectivity index (χ1n) is 4.91. The number of aryl methyl sites for hydroxylation is 1. The molecule has 0 amide bonds. The monoisotopic (exact) mass is 196 g/mol. The van der Waals surface area contributed by atoms with Crippen molar-refractivity contribution in [3.8, 4) is 0 Å². The molecule has 72 valence electrons. The summed E-state index contributed by atoms with van der Waals surface area (Å²) in [5, 5.41) is 3.39. The van der Waals surface area contributed by atoms with Gasteiger partial charge in [0, 0.05) is 22.8 Å². The number of nitrogens with one attached hydrogen (secondary N) is 1. The number of hydrogen-bond donors (Lipinski definition) is 2. The fourth-order valence-corrected chi connectivity index (χ4v) is 2.94. The Morgan fingerprint density at radius 2 is 2.46 bits per heavy atom. The molecule has 2 rings (SSSR count). The summed E-state index contributed by atoms with van der Waals surface area (Å²) in [6.07, 6.45) is 3.49. The van der Waals surface area contributed by atoms with Crippen LogP contribution in [0.3, 0.4) is 0 Å². The van der Waals surface area contributed by atoms with Gasteiger partial charge in [-0.15, -0.1) is 11.3 Å². The topological polar surface area (TPSA) is 38.0 Å². The summed E-state index contributed by atoms with van der Waals surface area (Å²) in [7, 11) is 0. The third kappa shape index (κ3) is 2.10. The third-order valence-corrected chi connectivity index (χ3v) is 3.72. The predicted octanol–water partition coefficient (Wildman–Crippen LogP) is 1.29. The van der Waals surface area contributed by atoms with Crippen LogP contribution in [0.25, 0.3) is 0 Å². The molecule has 2 heterocycles. The SMILES string of the molecule is NCCCc1cc2c(s1)CCNC2. The van der Waals surface area contributed by atoms with Crippen LogP contribution in [0.2, 0.25) is 0 Å². The molecule has 0 fully saturated rings. The molecule has 2 nitrogen and oxygen atoms in total. The van der Waals surface area contributed by atoms with Gasteiger partial charge in [0.05, 0.1) is 0 Å². The standard InChI is InChI=1S/C10H16N2S/c11-4-1-2-9-6-8-7-12-5-3-10(8)13-9/h6,12H,1-5,7,11H2. The van der Waals surface area contributed by atoms with Crippen molar-refractivity contribution in [1.29, 1.82) is 0 Å². The number of fused-ring (bicyclic) bond motifs is 1. The van der Waals surface area contributed by atoms with Crippen LogP contribution in [0.5, 0.6) is 0 Å². The quantitative estimate of drug-likeness (QED) is 0.764. The van der Waals surface area contributed by atoms with Gasteiger partial charge < -0.3 is 11.1 Å². The first-order chi connectivity index (χ1) is 6.40. The second-order valence-corrected chi connectivity index (χ2v) is 4.70. The molecule has 1 aromatic heterocycles. The van der Waals surface area contributed by atoms with Crippen LogP contribution in [0.4, 0.5) is 0 Å². The van der Waals surface area contributed by atoms with Gasteiger partial charge in [0.25, 0.3) is 0 Å². The normalized spacial score (nSPS) is 15.8. The minimum atomic E-state index is 0.806. The van der Waals surface area contributed by atoms with E-state index >= 15 is 0 Å². The second kappa shape index (κ2) is 4.22. The van der Waals surface area contributed by atoms with Crippen LogP contribution in [-0.4, -0.2) is 13.1 Å². The summed E-state index contributed by atoms with van der Waals surface area (Å²) in [5.41, 5.74) is 7.01. The van der Waals surface area contributed by atoms with E-state index in [0.717, 1.165) is 32.5 Å². The highest BCUT2D eigenvalue weighted by molar-refractivity contribution is 7.12. The van der Waals surface area contributed by atoms with E-state index in [1.807, 2.05) is 11.3 Å². The molecule has 1 aliphatic rings. The molecule has 0 aromatic carbocycles. The summed E-state index contributed by atoms with van der Waals surface area (Å²) in [4.78, 5) is 3.10. The van der Waals surface area contributed by atoms with Crippen molar-refractivity contribution in [2.75, 3.05) is 13.1 Å². The first-order valence-corrected chi connectivity index (χ1v) is 5.73. The van der Waals surface area contributed by atoms with Crippen molar-refractivity contribution in [2.24, 2.45) is 5.73 Å². The summed E-state index contributed by atoms with van der Waals surface area (Å²) in [6, 6.07) is 2.35. The van der Waals surface area contributed by atoms with Crippen LogP contribution in [0.1, 0.15) is 21.7 Å². The molecule has 3 N–H and O–H groups in total. The van der Waals surface area contributed by atoms with Crippen molar-refractivity contribution in [2.45, 2.75) is 25.8 Å². The number of hydrogen-bond acceptors (Lipinski definition) is 3. The van der Waals surface area contributed by atoms with Gasteiger partial charge in [0.1, 0.15) is 0 Å². The Kier molecular flexibility index (Phi) is 2.98. The Morgan fingerprint density at radius 1 is 1.54 bits per heavy atom. The number of thiophene rings is 1. The van der Waals surface area contributed by atoms with E-state index in [4.69, 9.17) is 5.73 Å². The lowest BCUT2D eigenvalue weighted by Gasteiger charge is -2.10. The fourth-order valence-electron chi connectivity index (χ4n) is 1.71. The maximum Gasteiger partial charge on any atom is 0.0216 e. The lowest BCUT2D eigenvalue weighted by molar-refractivity contribution is 0.652. The molecule has 13 heavy (non-hydrogen) atoms. The minimum Gasteiger partial charge on any atom is -0.330 e. The van der Waals surface area contributed by atoms with E-state index in [9.17, 15) is 0 Å². The van der Waals surface area contributed by atoms with E-state index in [1.54, 1.807) is 4.88 Å². The van der Waals surface area contributed by atoms with E-state index in [1.165, 1.54) is 16.9 Å². The highest BCUT2D eigenvalue weighted by Crippen LogP contribution is 2.25. The molecule has 0 bridgehead atoms. The molecule has 0 aliphatic carbocycles. The van der Waals surface area contributed by atoms with Crippen molar-refractivity contribution in [3.63, 3.8) is 0 Å². The summed E-state index contributed by atoms with van der Waals surface area (Å²) in [5.74, 6) is 0. The summed E-state index contributed by atoms with van der Waals surface area (Å²) in [6.45, 7) is 3.01. The maximum absolute atomic E-state index is 5.49. The minimum absolute atomic E-state index is 0.806. The van der Waals surface area contributed by atoms with E-state index < -0.39 is 0 Å². The molecule has 0 saturated carbocycles. The van der Waals surface area contributed by atoms with E-state index in [2.05, 4.69) is 11.4 Å². The van der Waals surface area contributed by atoms with Crippen LogP contribution in [0, 0.1) is 0 Å². The fraction of sp³-hybridized carbons (Fsp3) is 0.600. The van der Waals surface area contributed by atoms with Gasteiger partial charge in [-0.25, -0.2) is 0 Å². The van der Waals surface area contributed by atoms with Gasteiger partial charge in [-0.1, -0.05) is 0 Å². The molecular formula is C10H16N2S. The first kappa shape index (κ1) is 9.19. The Hall–Kier alpha value is -0.380. The molecule has 3 heteroatoms. The average molecular weight is 196 g/mol. The van der Waals surface area contributed by atoms with Gasteiger partial charge in [-0.2, -0.15) is 0 Å². The molecular weight excluding hydrogens is 180 g/mol. The van der Waals surface area contributed by atoms with Gasteiger partial charge >= 0.3 is 0 Å². The maximum atomic E-state index is 5.49. The summed E-state index contributed by atoms with van der Waals surface area (Å²) < 4.78 is 0. The second-order valence-electron chi connectivity index (χ2n) is 3.48. The Labute approximate surface area is 83.1 Å². The Bertz CT molecular complexity index is 257. The highest BCUT2D eigenvalue weighted by atomic mass is 32.1. The van der Waals surface area contributed by atoms with Crippen LogP contribution in [-0.2, 0) is 19.4 Å². The van der Waals surface area contributed by atoms with Crippen LogP contribution < -0.4 is 11.1 Å². The predicted molar refractivity (Wildman–Crippen MR) is 57.1 cm³/mol.